The lowest BCUT2D eigenvalue weighted by atomic mass is 10.0. The zero-order chi connectivity index (χ0) is 18.8. The van der Waals surface area contributed by atoms with Crippen LogP contribution in [0.5, 0.6) is 0 Å². The first kappa shape index (κ1) is 15.0. The highest BCUT2D eigenvalue weighted by Gasteiger charge is 2.26. The highest BCUT2D eigenvalue weighted by atomic mass is 16.2. The second kappa shape index (κ2) is 5.23. The lowest BCUT2D eigenvalue weighted by Crippen LogP contribution is -2.30. The number of hydrogen-bond donors (Lipinski definition) is 1. The molecular weight excluding hydrogens is 352 g/mol. The topological polar surface area (TPSA) is 80.6 Å². The molecule has 0 amide bonds. The minimum Gasteiger partial charge on any atom is -0.272 e. The SMILES string of the molecule is O=c1[nH]c(=O)n(-c2ccccc2)c2nc3c(nc12)-c1cccc2cccc-3c12. The van der Waals surface area contributed by atoms with Gasteiger partial charge in [-0.05, 0) is 17.5 Å². The van der Waals surface area contributed by atoms with Crippen LogP contribution in [0.15, 0.2) is 76.3 Å². The van der Waals surface area contributed by atoms with Gasteiger partial charge in [-0.15, -0.1) is 0 Å². The number of aromatic amines is 1. The molecule has 0 bridgehead atoms. The molecule has 0 radical (unpaired) electrons. The fourth-order valence-electron chi connectivity index (χ4n) is 3.97. The molecule has 1 aliphatic rings. The smallest absolute Gasteiger partial charge is 0.272 e. The lowest BCUT2D eigenvalue weighted by Gasteiger charge is -2.10. The zero-order valence-corrected chi connectivity index (χ0v) is 14.5. The summed E-state index contributed by atoms with van der Waals surface area (Å²) in [6.45, 7) is 0. The number of benzene rings is 3. The first-order chi connectivity index (χ1) is 13.7. The van der Waals surface area contributed by atoms with Crippen molar-refractivity contribution in [3.8, 4) is 28.2 Å². The maximum absolute atomic E-state index is 12.6. The van der Waals surface area contributed by atoms with Crippen LogP contribution in [0, 0.1) is 0 Å². The van der Waals surface area contributed by atoms with E-state index in [2.05, 4.69) is 9.97 Å². The number of aromatic nitrogens is 4. The number of H-pyrrole nitrogens is 1. The second-order valence-corrected chi connectivity index (χ2v) is 6.73. The maximum Gasteiger partial charge on any atom is 0.334 e. The van der Waals surface area contributed by atoms with Crippen molar-refractivity contribution in [2.45, 2.75) is 0 Å². The predicted octanol–water partition coefficient (Wildman–Crippen LogP) is 3.27. The summed E-state index contributed by atoms with van der Waals surface area (Å²) in [5, 5.41) is 2.16. The zero-order valence-electron chi connectivity index (χ0n) is 14.5. The van der Waals surface area contributed by atoms with Gasteiger partial charge in [-0.1, -0.05) is 54.6 Å². The van der Waals surface area contributed by atoms with Crippen molar-refractivity contribution in [2.75, 3.05) is 0 Å². The van der Waals surface area contributed by atoms with Crippen LogP contribution in [0.3, 0.4) is 0 Å². The molecule has 0 unspecified atom stereocenters. The Hall–Kier alpha value is -4.06. The summed E-state index contributed by atoms with van der Waals surface area (Å²) >= 11 is 0. The fourth-order valence-corrected chi connectivity index (χ4v) is 3.97. The average Bonchev–Trinajstić information content (AvgIpc) is 3.03. The molecular formula is C22H12N4O2. The van der Waals surface area contributed by atoms with Crippen LogP contribution in [-0.4, -0.2) is 19.5 Å². The third kappa shape index (κ3) is 1.86. The molecule has 132 valence electrons. The summed E-state index contributed by atoms with van der Waals surface area (Å²) in [5.41, 5.74) is 3.22. The Labute approximate surface area is 157 Å². The number of nitrogens with one attached hydrogen (secondary N) is 1. The normalized spacial score (nSPS) is 11.9. The van der Waals surface area contributed by atoms with Gasteiger partial charge in [0, 0.05) is 16.5 Å². The van der Waals surface area contributed by atoms with Gasteiger partial charge in [0.1, 0.15) is 0 Å². The molecule has 1 aliphatic carbocycles. The van der Waals surface area contributed by atoms with Crippen LogP contribution in [0.2, 0.25) is 0 Å². The summed E-state index contributed by atoms with van der Waals surface area (Å²) in [6.07, 6.45) is 0. The quantitative estimate of drug-likeness (QED) is 0.486. The summed E-state index contributed by atoms with van der Waals surface area (Å²) in [7, 11) is 0. The number of rotatable bonds is 1. The van der Waals surface area contributed by atoms with Gasteiger partial charge in [-0.2, -0.15) is 0 Å². The van der Waals surface area contributed by atoms with Gasteiger partial charge in [-0.25, -0.2) is 19.3 Å². The van der Waals surface area contributed by atoms with E-state index in [4.69, 9.17) is 4.98 Å². The van der Waals surface area contributed by atoms with Gasteiger partial charge in [0.05, 0.1) is 17.1 Å². The van der Waals surface area contributed by atoms with E-state index < -0.39 is 11.2 Å². The lowest BCUT2D eigenvalue weighted by molar-refractivity contribution is 0.919. The first-order valence-corrected chi connectivity index (χ1v) is 8.87. The molecule has 3 aromatic carbocycles. The van der Waals surface area contributed by atoms with E-state index >= 15 is 0 Å². The predicted molar refractivity (Wildman–Crippen MR) is 108 cm³/mol. The van der Waals surface area contributed by atoms with Crippen LogP contribution in [0.1, 0.15) is 0 Å². The monoisotopic (exact) mass is 364 g/mol. The molecule has 0 saturated heterocycles. The minimum absolute atomic E-state index is 0.145. The largest absolute Gasteiger partial charge is 0.334 e. The van der Waals surface area contributed by atoms with Crippen molar-refractivity contribution in [3.05, 3.63) is 87.6 Å². The molecule has 6 nitrogen and oxygen atoms in total. The van der Waals surface area contributed by atoms with Crippen LogP contribution >= 0.6 is 0 Å². The van der Waals surface area contributed by atoms with E-state index in [1.807, 2.05) is 54.6 Å². The van der Waals surface area contributed by atoms with E-state index in [-0.39, 0.29) is 11.2 Å². The summed E-state index contributed by atoms with van der Waals surface area (Å²) in [4.78, 5) is 36.9. The van der Waals surface area contributed by atoms with E-state index in [0.29, 0.717) is 17.1 Å². The Morgan fingerprint density at radius 3 is 2.14 bits per heavy atom. The van der Waals surface area contributed by atoms with Gasteiger partial charge >= 0.3 is 5.69 Å². The molecule has 6 rings (SSSR count). The van der Waals surface area contributed by atoms with Crippen LogP contribution in [0.4, 0.5) is 0 Å². The highest BCUT2D eigenvalue weighted by molar-refractivity contribution is 6.14. The van der Waals surface area contributed by atoms with Crippen molar-refractivity contribution in [1.29, 1.82) is 0 Å². The summed E-state index contributed by atoms with van der Waals surface area (Å²) in [5.74, 6) is 0. The van der Waals surface area contributed by atoms with Crippen LogP contribution in [0.25, 0.3) is 50.1 Å². The fraction of sp³-hybridized carbons (Fsp3) is 0. The van der Waals surface area contributed by atoms with Gasteiger partial charge in [-0.3, -0.25) is 9.78 Å². The highest BCUT2D eigenvalue weighted by Crippen LogP contribution is 2.45. The van der Waals surface area contributed by atoms with E-state index in [1.54, 1.807) is 12.1 Å². The molecule has 5 aromatic rings. The maximum atomic E-state index is 12.6. The third-order valence-electron chi connectivity index (χ3n) is 5.16. The molecule has 0 saturated carbocycles. The van der Waals surface area contributed by atoms with Crippen molar-refractivity contribution < 1.29 is 0 Å². The number of hydrogen-bond acceptors (Lipinski definition) is 4. The standard InChI is InChI=1S/C22H12N4O2/c27-21-19-20(26(22(28)25-21)13-8-2-1-3-9-13)24-18-15-11-5-7-12-6-4-10-14(16(12)15)17(18)23-19/h1-11H,(H,25,27,28). The number of nitrogens with zero attached hydrogens (tertiary/aromatic N) is 3. The minimum atomic E-state index is -0.536. The van der Waals surface area contributed by atoms with Crippen molar-refractivity contribution in [3.63, 3.8) is 0 Å². The molecule has 0 fully saturated rings. The molecule has 0 spiro atoms. The number of para-hydroxylation sites is 1. The molecule has 6 heteroatoms. The Morgan fingerprint density at radius 2 is 1.43 bits per heavy atom. The van der Waals surface area contributed by atoms with E-state index in [0.717, 1.165) is 21.9 Å². The van der Waals surface area contributed by atoms with Gasteiger partial charge < -0.3 is 0 Å². The van der Waals surface area contributed by atoms with Gasteiger partial charge in [0.25, 0.3) is 5.56 Å². The Balaban J connectivity index is 1.80. The Bertz CT molecular complexity index is 1540. The van der Waals surface area contributed by atoms with E-state index in [9.17, 15) is 9.59 Å². The molecule has 0 aliphatic heterocycles. The van der Waals surface area contributed by atoms with Crippen molar-refractivity contribution >= 4 is 21.9 Å². The second-order valence-electron chi connectivity index (χ2n) is 6.73. The Morgan fingerprint density at radius 1 is 0.750 bits per heavy atom. The molecule has 28 heavy (non-hydrogen) atoms. The van der Waals surface area contributed by atoms with Crippen LogP contribution in [-0.2, 0) is 0 Å². The molecule has 2 heterocycles. The van der Waals surface area contributed by atoms with Crippen molar-refractivity contribution in [2.24, 2.45) is 0 Å². The average molecular weight is 364 g/mol. The summed E-state index contributed by atoms with van der Waals surface area (Å²) in [6, 6.07) is 21.1. The molecule has 1 N–H and O–H groups in total. The summed E-state index contributed by atoms with van der Waals surface area (Å²) < 4.78 is 1.40. The van der Waals surface area contributed by atoms with Crippen LogP contribution < -0.4 is 11.2 Å². The molecule has 2 aromatic heterocycles. The first-order valence-electron chi connectivity index (χ1n) is 8.87. The Kier molecular flexibility index (Phi) is 2.81. The van der Waals surface area contributed by atoms with E-state index in [1.165, 1.54) is 4.57 Å². The molecule has 0 atom stereocenters. The number of fused-ring (bicyclic) bond motifs is 4. The van der Waals surface area contributed by atoms with Crippen molar-refractivity contribution in [1.82, 2.24) is 19.5 Å². The van der Waals surface area contributed by atoms with Gasteiger partial charge in [0.15, 0.2) is 11.2 Å². The third-order valence-corrected chi connectivity index (χ3v) is 5.16. The van der Waals surface area contributed by atoms with Gasteiger partial charge in [0.2, 0.25) is 0 Å².